The zero-order chi connectivity index (χ0) is 15.3. The van der Waals surface area contributed by atoms with Crippen molar-refractivity contribution in [3.8, 4) is 11.3 Å². The molecule has 3 nitrogen and oxygen atoms in total. The van der Waals surface area contributed by atoms with Crippen LogP contribution in [-0.4, -0.2) is 4.98 Å². The molecule has 0 spiro atoms. The standard InChI is InChI=1S/C19H17N2O/c1-12-6-7-17(21(3)11-12)15-10-18-16(9-13(15)2)14-5-4-8-20-19(14)22-18/h4-11H,1-3H3/q+1. The molecule has 0 saturated heterocycles. The van der Waals surface area contributed by atoms with Crippen LogP contribution in [0.1, 0.15) is 11.1 Å². The van der Waals surface area contributed by atoms with Crippen molar-refractivity contribution in [1.29, 1.82) is 0 Å². The average Bonchev–Trinajstić information content (AvgIpc) is 2.85. The second kappa shape index (κ2) is 4.67. The summed E-state index contributed by atoms with van der Waals surface area (Å²) in [5.74, 6) is 0. The van der Waals surface area contributed by atoms with Gasteiger partial charge in [-0.3, -0.25) is 0 Å². The van der Waals surface area contributed by atoms with Crippen LogP contribution >= 0.6 is 0 Å². The van der Waals surface area contributed by atoms with Crippen LogP contribution in [0.25, 0.3) is 33.3 Å². The Kier molecular flexibility index (Phi) is 2.76. The van der Waals surface area contributed by atoms with Crippen LogP contribution in [-0.2, 0) is 7.05 Å². The topological polar surface area (TPSA) is 29.9 Å². The van der Waals surface area contributed by atoms with Crippen LogP contribution < -0.4 is 4.57 Å². The minimum atomic E-state index is 0.697. The highest BCUT2D eigenvalue weighted by Crippen LogP contribution is 2.32. The minimum Gasteiger partial charge on any atom is -0.438 e. The molecular weight excluding hydrogens is 272 g/mol. The zero-order valence-electron chi connectivity index (χ0n) is 12.9. The van der Waals surface area contributed by atoms with E-state index in [2.05, 4.69) is 67.0 Å². The van der Waals surface area contributed by atoms with E-state index >= 15 is 0 Å². The Hall–Kier alpha value is -2.68. The Balaban J connectivity index is 2.02. The normalized spacial score (nSPS) is 11.4. The number of nitrogens with zero attached hydrogens (tertiary/aromatic N) is 2. The maximum Gasteiger partial charge on any atom is 0.227 e. The van der Waals surface area contributed by atoms with Gasteiger partial charge in [0, 0.05) is 28.6 Å². The molecule has 0 aliphatic carbocycles. The Morgan fingerprint density at radius 1 is 1.05 bits per heavy atom. The first-order valence-electron chi connectivity index (χ1n) is 7.38. The van der Waals surface area contributed by atoms with E-state index in [9.17, 15) is 0 Å². The number of aryl methyl sites for hydroxylation is 3. The van der Waals surface area contributed by atoms with Crippen molar-refractivity contribution in [3.05, 3.63) is 59.9 Å². The average molecular weight is 289 g/mol. The van der Waals surface area contributed by atoms with Gasteiger partial charge in [-0.1, -0.05) is 0 Å². The van der Waals surface area contributed by atoms with E-state index in [-0.39, 0.29) is 0 Å². The maximum atomic E-state index is 5.91. The molecule has 0 aliphatic heterocycles. The van der Waals surface area contributed by atoms with Gasteiger partial charge in [0.25, 0.3) is 0 Å². The highest BCUT2D eigenvalue weighted by Gasteiger charge is 2.16. The number of fused-ring (bicyclic) bond motifs is 3. The van der Waals surface area contributed by atoms with Gasteiger partial charge in [-0.15, -0.1) is 0 Å². The first-order valence-corrected chi connectivity index (χ1v) is 7.38. The van der Waals surface area contributed by atoms with Gasteiger partial charge in [-0.05, 0) is 49.7 Å². The Morgan fingerprint density at radius 2 is 1.91 bits per heavy atom. The predicted octanol–water partition coefficient (Wildman–Crippen LogP) is 4.09. The predicted molar refractivity (Wildman–Crippen MR) is 87.6 cm³/mol. The quantitative estimate of drug-likeness (QED) is 0.494. The largest absolute Gasteiger partial charge is 0.438 e. The molecule has 0 unspecified atom stereocenters. The van der Waals surface area contributed by atoms with Gasteiger partial charge in [-0.2, -0.15) is 0 Å². The molecule has 0 bridgehead atoms. The summed E-state index contributed by atoms with van der Waals surface area (Å²) in [4.78, 5) is 4.31. The fraction of sp³-hybridized carbons (Fsp3) is 0.158. The summed E-state index contributed by atoms with van der Waals surface area (Å²) in [5.41, 5.74) is 6.43. The lowest BCUT2D eigenvalue weighted by Gasteiger charge is -2.05. The fourth-order valence-electron chi connectivity index (χ4n) is 3.07. The lowest BCUT2D eigenvalue weighted by molar-refractivity contribution is -0.660. The van der Waals surface area contributed by atoms with Crippen molar-refractivity contribution >= 4 is 22.1 Å². The lowest BCUT2D eigenvalue weighted by Crippen LogP contribution is -2.31. The van der Waals surface area contributed by atoms with E-state index in [0.717, 1.165) is 16.4 Å². The fourth-order valence-corrected chi connectivity index (χ4v) is 3.07. The van der Waals surface area contributed by atoms with E-state index in [1.165, 1.54) is 22.4 Å². The van der Waals surface area contributed by atoms with Crippen molar-refractivity contribution in [2.75, 3.05) is 0 Å². The summed E-state index contributed by atoms with van der Waals surface area (Å²) >= 11 is 0. The molecule has 3 heteroatoms. The Bertz CT molecular complexity index is 1010. The summed E-state index contributed by atoms with van der Waals surface area (Å²) in [6, 6.07) is 12.6. The third-order valence-electron chi connectivity index (χ3n) is 4.15. The van der Waals surface area contributed by atoms with Crippen LogP contribution in [0.5, 0.6) is 0 Å². The van der Waals surface area contributed by atoms with Gasteiger partial charge in [0.05, 0.1) is 5.56 Å². The SMILES string of the molecule is Cc1ccc(-c2cc3oc4ncccc4c3cc2C)[n+](C)c1. The summed E-state index contributed by atoms with van der Waals surface area (Å²) in [6.45, 7) is 4.24. The molecular formula is C19H17N2O+. The number of pyridine rings is 2. The molecule has 3 aromatic heterocycles. The molecule has 4 rings (SSSR count). The lowest BCUT2D eigenvalue weighted by atomic mass is 10.0. The molecule has 0 saturated carbocycles. The van der Waals surface area contributed by atoms with Crippen LogP contribution in [0.4, 0.5) is 0 Å². The number of benzene rings is 1. The third-order valence-corrected chi connectivity index (χ3v) is 4.15. The van der Waals surface area contributed by atoms with Crippen molar-refractivity contribution < 1.29 is 8.98 Å². The molecule has 0 N–H and O–H groups in total. The van der Waals surface area contributed by atoms with Gasteiger partial charge >= 0.3 is 0 Å². The van der Waals surface area contributed by atoms with Gasteiger partial charge in [-0.25, -0.2) is 9.55 Å². The van der Waals surface area contributed by atoms with Crippen LogP contribution in [0.3, 0.4) is 0 Å². The maximum absolute atomic E-state index is 5.91. The van der Waals surface area contributed by atoms with Crippen molar-refractivity contribution in [1.82, 2.24) is 4.98 Å². The molecule has 0 aliphatic rings. The number of hydrogen-bond donors (Lipinski definition) is 0. The molecule has 3 heterocycles. The van der Waals surface area contributed by atoms with E-state index in [1.54, 1.807) is 6.20 Å². The van der Waals surface area contributed by atoms with Crippen LogP contribution in [0.2, 0.25) is 0 Å². The second-order valence-corrected chi connectivity index (χ2v) is 5.82. The highest BCUT2D eigenvalue weighted by atomic mass is 16.3. The van der Waals surface area contributed by atoms with Crippen LogP contribution in [0.15, 0.2) is 53.2 Å². The van der Waals surface area contributed by atoms with Crippen molar-refractivity contribution in [3.63, 3.8) is 0 Å². The summed E-state index contributed by atoms with van der Waals surface area (Å²) in [6.07, 6.45) is 3.90. The van der Waals surface area contributed by atoms with E-state index in [1.807, 2.05) is 6.07 Å². The molecule has 108 valence electrons. The van der Waals surface area contributed by atoms with Gasteiger partial charge < -0.3 is 4.42 Å². The first kappa shape index (κ1) is 13.0. The highest BCUT2D eigenvalue weighted by molar-refractivity contribution is 6.05. The second-order valence-electron chi connectivity index (χ2n) is 5.82. The minimum absolute atomic E-state index is 0.697. The smallest absolute Gasteiger partial charge is 0.227 e. The van der Waals surface area contributed by atoms with Crippen LogP contribution in [0, 0.1) is 13.8 Å². The Labute approximate surface area is 128 Å². The summed E-state index contributed by atoms with van der Waals surface area (Å²) in [7, 11) is 2.08. The van der Waals surface area contributed by atoms with Crippen molar-refractivity contribution in [2.24, 2.45) is 7.05 Å². The number of aromatic nitrogens is 2. The van der Waals surface area contributed by atoms with Gasteiger partial charge in [0.1, 0.15) is 12.6 Å². The molecule has 0 radical (unpaired) electrons. The number of hydrogen-bond acceptors (Lipinski definition) is 2. The molecule has 4 aromatic rings. The molecule has 0 fully saturated rings. The first-order chi connectivity index (χ1) is 10.6. The molecule has 22 heavy (non-hydrogen) atoms. The van der Waals surface area contributed by atoms with E-state index in [0.29, 0.717) is 5.71 Å². The van der Waals surface area contributed by atoms with Gasteiger partial charge in [0.2, 0.25) is 11.4 Å². The monoisotopic (exact) mass is 289 g/mol. The number of furan rings is 1. The Morgan fingerprint density at radius 3 is 2.73 bits per heavy atom. The summed E-state index contributed by atoms with van der Waals surface area (Å²) in [5, 5.41) is 2.19. The number of rotatable bonds is 1. The van der Waals surface area contributed by atoms with Crippen molar-refractivity contribution in [2.45, 2.75) is 13.8 Å². The molecule has 1 aromatic carbocycles. The zero-order valence-corrected chi connectivity index (χ0v) is 12.9. The van der Waals surface area contributed by atoms with E-state index in [4.69, 9.17) is 4.42 Å². The van der Waals surface area contributed by atoms with Gasteiger partial charge in [0.15, 0.2) is 6.20 Å². The molecule has 0 atom stereocenters. The third kappa shape index (κ3) is 1.90. The summed E-state index contributed by atoms with van der Waals surface area (Å²) < 4.78 is 8.07. The molecule has 0 amide bonds. The van der Waals surface area contributed by atoms with E-state index < -0.39 is 0 Å².